The summed E-state index contributed by atoms with van der Waals surface area (Å²) in [6.07, 6.45) is -6.25. The summed E-state index contributed by atoms with van der Waals surface area (Å²) >= 11 is 3.02. The van der Waals surface area contributed by atoms with Gasteiger partial charge in [0.2, 0.25) is 5.89 Å². The van der Waals surface area contributed by atoms with Crippen molar-refractivity contribution in [1.29, 1.82) is 0 Å². The Morgan fingerprint density at radius 1 is 1.17 bits per heavy atom. The maximum absolute atomic E-state index is 14.6. The zero-order chi connectivity index (χ0) is 26.1. The highest BCUT2D eigenvalue weighted by atomic mass is 79.9. The third kappa shape index (κ3) is 6.44. The van der Waals surface area contributed by atoms with Crippen molar-refractivity contribution in [2.75, 3.05) is 6.61 Å². The van der Waals surface area contributed by atoms with E-state index >= 15 is 0 Å². The third-order valence-corrected chi connectivity index (χ3v) is 5.35. The molecule has 35 heavy (non-hydrogen) atoms. The van der Waals surface area contributed by atoms with Crippen molar-refractivity contribution >= 4 is 29.7 Å². The van der Waals surface area contributed by atoms with Gasteiger partial charge in [-0.2, -0.15) is 13.2 Å². The molecular formula is C19H13BrF5N2O7P. The van der Waals surface area contributed by atoms with E-state index in [-0.39, 0.29) is 15.9 Å². The average molecular weight is 587 g/mol. The van der Waals surface area contributed by atoms with E-state index in [2.05, 4.69) is 25.4 Å². The van der Waals surface area contributed by atoms with Crippen LogP contribution in [-0.4, -0.2) is 27.3 Å². The summed E-state index contributed by atoms with van der Waals surface area (Å²) in [5.41, 5.74) is 3.03. The first-order valence-electron chi connectivity index (χ1n) is 9.15. The minimum atomic E-state index is -5.07. The van der Waals surface area contributed by atoms with E-state index in [0.29, 0.717) is 6.07 Å². The first kappa shape index (κ1) is 26.8. The number of nitrogens with two attached hydrogens (primary N) is 1. The van der Waals surface area contributed by atoms with Crippen molar-refractivity contribution in [2.24, 2.45) is 5.73 Å². The van der Waals surface area contributed by atoms with Crippen LogP contribution in [0.5, 0.6) is 5.75 Å². The molecule has 188 valence electrons. The predicted octanol–water partition coefficient (Wildman–Crippen LogP) is 4.73. The van der Waals surface area contributed by atoms with E-state index in [1.807, 2.05) is 0 Å². The maximum atomic E-state index is 14.6. The first-order chi connectivity index (χ1) is 16.2. The number of carbonyl (C=O) groups excluding carboxylic acids is 1. The fourth-order valence-electron chi connectivity index (χ4n) is 2.77. The lowest BCUT2D eigenvalue weighted by atomic mass is 10.1. The van der Waals surface area contributed by atoms with Gasteiger partial charge in [-0.25, -0.2) is 18.3 Å². The van der Waals surface area contributed by atoms with Gasteiger partial charge >= 0.3 is 14.0 Å². The van der Waals surface area contributed by atoms with Crippen LogP contribution in [0.4, 0.5) is 22.0 Å². The number of alkyl halides is 3. The molecule has 0 saturated carbocycles. The highest BCUT2D eigenvalue weighted by Crippen LogP contribution is 2.40. The Labute approximate surface area is 201 Å². The number of hydrogen-bond donors (Lipinski definition) is 3. The maximum Gasteiger partial charge on any atom is 0.469 e. The largest absolute Gasteiger partial charge is 0.475 e. The Hall–Kier alpha value is -2.84. The molecule has 4 N–H and O–H groups in total. The number of hydrogen-bond acceptors (Lipinski definition) is 6. The molecular weight excluding hydrogens is 574 g/mol. The number of amides is 1. The zero-order valence-corrected chi connectivity index (χ0v) is 19.4. The Morgan fingerprint density at radius 2 is 1.80 bits per heavy atom. The summed E-state index contributed by atoms with van der Waals surface area (Å²) in [6, 6.07) is 5.21. The normalized spacial score (nSPS) is 13.0. The van der Waals surface area contributed by atoms with Crippen LogP contribution in [0, 0.1) is 11.6 Å². The van der Waals surface area contributed by atoms with Crippen LogP contribution in [0.3, 0.4) is 0 Å². The molecule has 0 aliphatic heterocycles. The van der Waals surface area contributed by atoms with Crippen LogP contribution >= 0.6 is 23.8 Å². The van der Waals surface area contributed by atoms with Crippen molar-refractivity contribution in [2.45, 2.75) is 12.3 Å². The summed E-state index contributed by atoms with van der Waals surface area (Å²) in [5.74, 6) is -5.45. The van der Waals surface area contributed by atoms with E-state index in [1.54, 1.807) is 0 Å². The second-order valence-corrected chi connectivity index (χ2v) is 8.70. The van der Waals surface area contributed by atoms with Gasteiger partial charge in [0, 0.05) is 5.56 Å². The molecule has 0 spiro atoms. The second-order valence-electron chi connectivity index (χ2n) is 6.74. The molecule has 0 aliphatic rings. The van der Waals surface area contributed by atoms with E-state index in [1.165, 1.54) is 0 Å². The molecule has 0 aliphatic carbocycles. The first-order valence-corrected chi connectivity index (χ1v) is 11.5. The molecule has 0 radical (unpaired) electrons. The molecule has 2 aromatic carbocycles. The van der Waals surface area contributed by atoms with Gasteiger partial charge in [-0.05, 0) is 40.2 Å². The Kier molecular flexibility index (Phi) is 7.67. The molecule has 0 bridgehead atoms. The summed E-state index contributed by atoms with van der Waals surface area (Å²) < 4.78 is 92.9. The lowest BCUT2D eigenvalue weighted by Crippen LogP contribution is -2.19. The molecule has 1 amide bonds. The van der Waals surface area contributed by atoms with Gasteiger partial charge in [0.1, 0.15) is 23.7 Å². The lowest BCUT2D eigenvalue weighted by molar-refractivity contribution is -0.137. The smallest absolute Gasteiger partial charge is 0.469 e. The number of primary amides is 1. The van der Waals surface area contributed by atoms with Crippen LogP contribution < -0.4 is 10.5 Å². The predicted molar refractivity (Wildman–Crippen MR) is 111 cm³/mol. The number of aromatic nitrogens is 1. The monoisotopic (exact) mass is 586 g/mol. The fraction of sp³-hybridized carbons (Fsp3) is 0.158. The molecule has 1 unspecified atom stereocenters. The Balaban J connectivity index is 1.99. The molecule has 0 fully saturated rings. The van der Waals surface area contributed by atoms with Crippen LogP contribution in [0.1, 0.15) is 27.9 Å². The van der Waals surface area contributed by atoms with Gasteiger partial charge in [0.25, 0.3) is 5.91 Å². The van der Waals surface area contributed by atoms with E-state index in [9.17, 15) is 31.3 Å². The number of phosphoric ester groups is 1. The van der Waals surface area contributed by atoms with Gasteiger partial charge < -0.3 is 24.7 Å². The number of ether oxygens (including phenoxy) is 1. The Morgan fingerprint density at radius 3 is 2.34 bits per heavy atom. The molecule has 3 aromatic rings. The summed E-state index contributed by atoms with van der Waals surface area (Å²) in [5, 5.41) is 0. The summed E-state index contributed by atoms with van der Waals surface area (Å²) in [4.78, 5) is 33.4. The number of benzene rings is 2. The summed E-state index contributed by atoms with van der Waals surface area (Å²) in [6.45, 7) is -0.966. The van der Waals surface area contributed by atoms with Crippen molar-refractivity contribution in [3.05, 3.63) is 69.7 Å². The minimum Gasteiger partial charge on any atom is -0.475 e. The second kappa shape index (κ2) is 10.0. The molecule has 3 rings (SSSR count). The number of carbonyl (C=O) groups is 1. The molecule has 1 aromatic heterocycles. The van der Waals surface area contributed by atoms with E-state index in [4.69, 9.17) is 24.7 Å². The lowest BCUT2D eigenvalue weighted by Gasteiger charge is -2.17. The third-order valence-electron chi connectivity index (χ3n) is 4.33. The number of halogens is 6. The van der Waals surface area contributed by atoms with Gasteiger partial charge in [-0.1, -0.05) is 12.1 Å². The van der Waals surface area contributed by atoms with Crippen LogP contribution in [-0.2, 0) is 15.3 Å². The van der Waals surface area contributed by atoms with Crippen molar-refractivity contribution in [3.63, 3.8) is 0 Å². The van der Waals surface area contributed by atoms with Crippen LogP contribution in [0.25, 0.3) is 11.3 Å². The molecule has 0 saturated heterocycles. The fourth-order valence-corrected chi connectivity index (χ4v) is 3.59. The van der Waals surface area contributed by atoms with Gasteiger partial charge in [0.05, 0.1) is 5.56 Å². The topological polar surface area (TPSA) is 145 Å². The minimum absolute atomic E-state index is 0.0316. The van der Waals surface area contributed by atoms with Gasteiger partial charge in [0.15, 0.2) is 22.3 Å². The van der Waals surface area contributed by atoms with Crippen molar-refractivity contribution in [1.82, 2.24) is 4.98 Å². The van der Waals surface area contributed by atoms with Crippen LogP contribution in [0.2, 0.25) is 0 Å². The quantitative estimate of drug-likeness (QED) is 0.254. The van der Waals surface area contributed by atoms with Gasteiger partial charge in [-0.15, -0.1) is 0 Å². The highest BCUT2D eigenvalue weighted by molar-refractivity contribution is 9.10. The SMILES string of the molecule is NC(=O)c1c(F)ccc(OC(COP(=O)(O)O)c2nc(-c3ccc(C(F)(F)F)cc3)c(Br)o2)c1F. The highest BCUT2D eigenvalue weighted by Gasteiger charge is 2.31. The van der Waals surface area contributed by atoms with Crippen molar-refractivity contribution in [3.8, 4) is 17.0 Å². The average Bonchev–Trinajstić information content (AvgIpc) is 3.12. The zero-order valence-electron chi connectivity index (χ0n) is 16.9. The van der Waals surface area contributed by atoms with Crippen molar-refractivity contribution < 1.29 is 54.8 Å². The number of oxazole rings is 1. The Bertz CT molecular complexity index is 1290. The van der Waals surface area contributed by atoms with Gasteiger partial charge in [-0.3, -0.25) is 9.32 Å². The number of nitrogens with zero attached hydrogens (tertiary/aromatic N) is 1. The molecule has 1 heterocycles. The van der Waals surface area contributed by atoms with Crippen LogP contribution in [0.15, 0.2) is 45.5 Å². The number of phosphoric acid groups is 1. The molecule has 9 nitrogen and oxygen atoms in total. The number of rotatable bonds is 8. The molecule has 1 atom stereocenters. The van der Waals surface area contributed by atoms with E-state index < -0.39 is 67.0 Å². The summed E-state index contributed by atoms with van der Waals surface area (Å²) in [7, 11) is -5.07. The van der Waals surface area contributed by atoms with E-state index in [0.717, 1.165) is 30.3 Å². The standard InChI is InChI=1S/C19H13BrF5N2O7P/c20-16-15(8-1-3-9(4-2-8)19(23,24)25)27-18(34-16)12(7-32-35(29,30)31)33-11-6-5-10(21)13(14(11)22)17(26)28/h1-6,12H,7H2,(H2,26,28)(H2,29,30,31). The molecule has 16 heteroatoms.